The number of methoxy groups -OCH3 is 3. The lowest BCUT2D eigenvalue weighted by Crippen LogP contribution is -2.06. The topological polar surface area (TPSA) is 117 Å². The van der Waals surface area contributed by atoms with Crippen molar-refractivity contribution in [1.82, 2.24) is 19.8 Å². The molecule has 11 heteroatoms. The molecule has 3 aromatic carbocycles. The fourth-order valence-corrected chi connectivity index (χ4v) is 5.17. The zero-order chi connectivity index (χ0) is 25.4. The molecule has 0 aliphatic rings. The molecule has 2 heterocycles. The highest BCUT2D eigenvalue weighted by Crippen LogP contribution is 2.41. The third kappa shape index (κ3) is 3.83. The van der Waals surface area contributed by atoms with Crippen LogP contribution in [0.5, 0.6) is 17.2 Å². The maximum atomic E-state index is 13.4. The molecule has 36 heavy (non-hydrogen) atoms. The number of nitrogens with one attached hydrogen (secondary N) is 1. The van der Waals surface area contributed by atoms with Crippen LogP contribution >= 0.6 is 0 Å². The van der Waals surface area contributed by atoms with Gasteiger partial charge in [-0.2, -0.15) is 4.52 Å². The van der Waals surface area contributed by atoms with Crippen molar-refractivity contribution in [1.29, 1.82) is 0 Å². The predicted octanol–water partition coefficient (Wildman–Crippen LogP) is 4.19. The van der Waals surface area contributed by atoms with Gasteiger partial charge in [0.2, 0.25) is 20.6 Å². The SMILES string of the molecule is COc1cc(Nc2nc3c(S(=O)(=O)c4ccc(C)cc4)nnn3c3ccccc23)cc(OC)c1OC. The number of benzene rings is 3. The number of fused-ring (bicyclic) bond motifs is 3. The van der Waals surface area contributed by atoms with E-state index in [0.717, 1.165) is 5.56 Å². The van der Waals surface area contributed by atoms with Crippen LogP contribution in [0.2, 0.25) is 0 Å². The van der Waals surface area contributed by atoms with Crippen LogP contribution in [0.1, 0.15) is 5.56 Å². The number of para-hydroxylation sites is 1. The van der Waals surface area contributed by atoms with E-state index in [-0.39, 0.29) is 15.6 Å². The van der Waals surface area contributed by atoms with E-state index in [9.17, 15) is 8.42 Å². The molecular formula is C25H23N5O5S. The second-order valence-corrected chi connectivity index (χ2v) is 9.83. The van der Waals surface area contributed by atoms with Gasteiger partial charge in [-0.3, -0.25) is 0 Å². The third-order valence-electron chi connectivity index (χ3n) is 5.74. The van der Waals surface area contributed by atoms with Gasteiger partial charge in [0.05, 0.1) is 31.7 Å². The molecule has 0 aliphatic carbocycles. The summed E-state index contributed by atoms with van der Waals surface area (Å²) in [4.78, 5) is 4.77. The van der Waals surface area contributed by atoms with Gasteiger partial charge in [-0.1, -0.05) is 35.0 Å². The molecule has 0 aliphatic heterocycles. The second-order valence-electron chi connectivity index (χ2n) is 7.96. The van der Waals surface area contributed by atoms with Gasteiger partial charge in [0, 0.05) is 23.2 Å². The first-order chi connectivity index (χ1) is 17.4. The van der Waals surface area contributed by atoms with Gasteiger partial charge < -0.3 is 19.5 Å². The summed E-state index contributed by atoms with van der Waals surface area (Å²) in [6.07, 6.45) is 0. The van der Waals surface area contributed by atoms with Crippen LogP contribution in [-0.2, 0) is 9.84 Å². The van der Waals surface area contributed by atoms with Gasteiger partial charge in [0.1, 0.15) is 5.82 Å². The minimum Gasteiger partial charge on any atom is -0.493 e. The summed E-state index contributed by atoms with van der Waals surface area (Å²) < 4.78 is 44.6. The Morgan fingerprint density at radius 2 is 1.56 bits per heavy atom. The smallest absolute Gasteiger partial charge is 0.229 e. The van der Waals surface area contributed by atoms with Gasteiger partial charge in [0.15, 0.2) is 17.1 Å². The number of hydrogen-bond donors (Lipinski definition) is 1. The number of anilines is 2. The van der Waals surface area contributed by atoms with Crippen LogP contribution in [0.3, 0.4) is 0 Å². The minimum atomic E-state index is -3.97. The lowest BCUT2D eigenvalue weighted by Gasteiger charge is -2.16. The molecule has 2 aromatic heterocycles. The molecule has 5 rings (SSSR count). The van der Waals surface area contributed by atoms with E-state index < -0.39 is 9.84 Å². The van der Waals surface area contributed by atoms with Crippen LogP contribution < -0.4 is 19.5 Å². The maximum absolute atomic E-state index is 13.4. The van der Waals surface area contributed by atoms with Crippen molar-refractivity contribution in [3.05, 3.63) is 66.2 Å². The summed E-state index contributed by atoms with van der Waals surface area (Å²) in [5, 5.41) is 11.9. The lowest BCUT2D eigenvalue weighted by atomic mass is 10.2. The Balaban J connectivity index is 1.70. The number of nitrogens with zero attached hydrogens (tertiary/aromatic N) is 4. The number of rotatable bonds is 7. The molecule has 0 amide bonds. The van der Waals surface area contributed by atoms with E-state index in [1.54, 1.807) is 36.4 Å². The molecule has 0 unspecified atom stereocenters. The Kier molecular flexibility index (Phi) is 5.84. The Labute approximate surface area is 207 Å². The number of aryl methyl sites for hydroxylation is 1. The molecular weight excluding hydrogens is 482 g/mol. The quantitative estimate of drug-likeness (QED) is 0.347. The van der Waals surface area contributed by atoms with Crippen LogP contribution in [0.15, 0.2) is 70.6 Å². The van der Waals surface area contributed by atoms with E-state index in [0.29, 0.717) is 39.7 Å². The zero-order valence-electron chi connectivity index (χ0n) is 20.0. The Bertz CT molecular complexity index is 1670. The van der Waals surface area contributed by atoms with Crippen LogP contribution in [-0.4, -0.2) is 49.6 Å². The molecule has 0 bridgehead atoms. The van der Waals surface area contributed by atoms with Gasteiger partial charge in [-0.15, -0.1) is 5.10 Å². The molecule has 0 radical (unpaired) electrons. The van der Waals surface area contributed by atoms with Gasteiger partial charge >= 0.3 is 0 Å². The van der Waals surface area contributed by atoms with Crippen molar-refractivity contribution in [2.45, 2.75) is 16.8 Å². The van der Waals surface area contributed by atoms with Crippen molar-refractivity contribution in [3.8, 4) is 17.2 Å². The standard InChI is InChI=1S/C25H23N5O5S/c1-15-9-11-17(12-10-15)36(31,32)25-24-27-23(18-7-5-6-8-19(18)30(24)29-28-25)26-16-13-20(33-2)22(35-4)21(14-16)34-3/h5-14H,1-4H3,(H,26,27). The van der Waals surface area contributed by atoms with Crippen molar-refractivity contribution >= 4 is 37.9 Å². The highest BCUT2D eigenvalue weighted by Gasteiger charge is 2.27. The van der Waals surface area contributed by atoms with Crippen molar-refractivity contribution < 1.29 is 22.6 Å². The molecule has 0 fully saturated rings. The summed E-state index contributed by atoms with van der Waals surface area (Å²) in [5.74, 6) is 1.78. The van der Waals surface area contributed by atoms with Gasteiger partial charge in [0.25, 0.3) is 0 Å². The average Bonchev–Trinajstić information content (AvgIpc) is 3.33. The van der Waals surface area contributed by atoms with E-state index in [1.807, 2.05) is 31.2 Å². The van der Waals surface area contributed by atoms with Crippen molar-refractivity contribution in [2.24, 2.45) is 0 Å². The highest BCUT2D eigenvalue weighted by molar-refractivity contribution is 7.91. The summed E-state index contributed by atoms with van der Waals surface area (Å²) in [7, 11) is 0.615. The van der Waals surface area contributed by atoms with Crippen LogP contribution in [0.4, 0.5) is 11.5 Å². The number of aromatic nitrogens is 4. The second kappa shape index (κ2) is 9.00. The molecule has 0 saturated heterocycles. The van der Waals surface area contributed by atoms with Gasteiger partial charge in [-0.25, -0.2) is 13.4 Å². The molecule has 0 saturated carbocycles. The molecule has 10 nitrogen and oxygen atoms in total. The fraction of sp³-hybridized carbons (Fsp3) is 0.160. The van der Waals surface area contributed by atoms with E-state index in [4.69, 9.17) is 14.2 Å². The van der Waals surface area contributed by atoms with E-state index in [2.05, 4.69) is 20.6 Å². The van der Waals surface area contributed by atoms with Crippen molar-refractivity contribution in [2.75, 3.05) is 26.6 Å². The molecule has 1 N–H and O–H groups in total. The predicted molar refractivity (Wildman–Crippen MR) is 134 cm³/mol. The largest absolute Gasteiger partial charge is 0.493 e. The monoisotopic (exact) mass is 505 g/mol. The van der Waals surface area contributed by atoms with E-state index >= 15 is 0 Å². The number of ether oxygens (including phenoxy) is 3. The van der Waals surface area contributed by atoms with Crippen molar-refractivity contribution in [3.63, 3.8) is 0 Å². The summed E-state index contributed by atoms with van der Waals surface area (Å²) in [6.45, 7) is 1.89. The number of sulfone groups is 1. The summed E-state index contributed by atoms with van der Waals surface area (Å²) in [5.41, 5.74) is 2.28. The molecule has 0 atom stereocenters. The Hall–Kier alpha value is -4.38. The molecule has 184 valence electrons. The normalized spacial score (nSPS) is 11.6. The molecule has 5 aromatic rings. The lowest BCUT2D eigenvalue weighted by molar-refractivity contribution is 0.324. The Morgan fingerprint density at radius 1 is 0.889 bits per heavy atom. The minimum absolute atomic E-state index is 0.101. The maximum Gasteiger partial charge on any atom is 0.229 e. The number of hydrogen-bond acceptors (Lipinski definition) is 9. The highest BCUT2D eigenvalue weighted by atomic mass is 32.2. The molecule has 0 spiro atoms. The van der Waals surface area contributed by atoms with Crippen LogP contribution in [0, 0.1) is 6.92 Å². The summed E-state index contributed by atoms with van der Waals surface area (Å²) in [6, 6.07) is 17.4. The first kappa shape index (κ1) is 23.4. The first-order valence-corrected chi connectivity index (χ1v) is 12.4. The average molecular weight is 506 g/mol. The first-order valence-electron chi connectivity index (χ1n) is 10.9. The van der Waals surface area contributed by atoms with E-state index in [1.165, 1.54) is 25.8 Å². The van der Waals surface area contributed by atoms with Gasteiger partial charge in [-0.05, 0) is 31.2 Å². The fourth-order valence-electron chi connectivity index (χ4n) is 3.93. The summed E-state index contributed by atoms with van der Waals surface area (Å²) >= 11 is 0. The third-order valence-corrected chi connectivity index (χ3v) is 7.40. The van der Waals surface area contributed by atoms with Crippen LogP contribution in [0.25, 0.3) is 16.6 Å². The Morgan fingerprint density at radius 3 is 2.19 bits per heavy atom. The zero-order valence-corrected chi connectivity index (χ0v) is 20.8.